The summed E-state index contributed by atoms with van der Waals surface area (Å²) in [4.78, 5) is 4.48. The Morgan fingerprint density at radius 2 is 1.94 bits per heavy atom. The molecule has 1 aromatic carbocycles. The molecule has 17 heavy (non-hydrogen) atoms. The fraction of sp³-hybridized carbons (Fsp3) is 0.500. The van der Waals surface area contributed by atoms with Crippen LogP contribution in [-0.2, 0) is 0 Å². The van der Waals surface area contributed by atoms with E-state index in [9.17, 15) is 0 Å². The van der Waals surface area contributed by atoms with Crippen LogP contribution in [0, 0.1) is 0 Å². The molecule has 3 nitrogen and oxygen atoms in total. The molecule has 0 aliphatic carbocycles. The van der Waals surface area contributed by atoms with Crippen LogP contribution in [0.3, 0.4) is 0 Å². The lowest BCUT2D eigenvalue weighted by Crippen LogP contribution is -2.30. The summed E-state index contributed by atoms with van der Waals surface area (Å²) in [7, 11) is 0. The van der Waals surface area contributed by atoms with Crippen molar-refractivity contribution in [2.24, 2.45) is 4.99 Å². The number of hydrogen-bond acceptors (Lipinski definition) is 2. The summed E-state index contributed by atoms with van der Waals surface area (Å²) in [6, 6.07) is 9.83. The number of hydrogen-bond donors (Lipinski definition) is 1. The van der Waals surface area contributed by atoms with Gasteiger partial charge in [0.25, 0.3) is 0 Å². The average molecular weight is 234 g/mol. The van der Waals surface area contributed by atoms with Gasteiger partial charge in [-0.05, 0) is 25.0 Å². The number of rotatable bonds is 7. The summed E-state index contributed by atoms with van der Waals surface area (Å²) < 4.78 is 5.67. The molecule has 0 saturated carbocycles. The Balaban J connectivity index is 2.43. The molecule has 0 aromatic heterocycles. The van der Waals surface area contributed by atoms with Gasteiger partial charge in [0.2, 0.25) is 0 Å². The van der Waals surface area contributed by atoms with Gasteiger partial charge in [0.1, 0.15) is 18.2 Å². The van der Waals surface area contributed by atoms with Crippen LogP contribution in [-0.4, -0.2) is 25.5 Å². The zero-order chi connectivity index (χ0) is 12.3. The zero-order valence-corrected chi connectivity index (χ0v) is 10.8. The molecule has 0 unspecified atom stereocenters. The molecule has 0 atom stereocenters. The number of para-hydroxylation sites is 1. The van der Waals surface area contributed by atoms with Crippen molar-refractivity contribution in [3.63, 3.8) is 0 Å². The van der Waals surface area contributed by atoms with Gasteiger partial charge >= 0.3 is 0 Å². The molecule has 0 bridgehead atoms. The minimum atomic E-state index is 0.518. The third-order valence-electron chi connectivity index (χ3n) is 2.22. The molecule has 1 rings (SSSR count). The van der Waals surface area contributed by atoms with Gasteiger partial charge in [-0.1, -0.05) is 32.0 Å². The Labute approximate surface area is 104 Å². The first-order valence-corrected chi connectivity index (χ1v) is 6.31. The first-order valence-electron chi connectivity index (χ1n) is 6.31. The number of amidine groups is 1. The molecule has 0 radical (unpaired) electrons. The molecule has 0 aliphatic heterocycles. The van der Waals surface area contributed by atoms with Gasteiger partial charge < -0.3 is 10.1 Å². The van der Waals surface area contributed by atoms with E-state index in [1.807, 2.05) is 30.3 Å². The third kappa shape index (κ3) is 5.95. The largest absolute Gasteiger partial charge is 0.486 e. The predicted octanol–water partition coefficient (Wildman–Crippen LogP) is 2.87. The van der Waals surface area contributed by atoms with E-state index < -0.39 is 0 Å². The lowest BCUT2D eigenvalue weighted by molar-refractivity contribution is 0.371. The van der Waals surface area contributed by atoms with Crippen LogP contribution in [0.25, 0.3) is 0 Å². The minimum absolute atomic E-state index is 0.518. The van der Waals surface area contributed by atoms with E-state index in [0.29, 0.717) is 6.61 Å². The topological polar surface area (TPSA) is 33.6 Å². The van der Waals surface area contributed by atoms with Crippen LogP contribution in [0.5, 0.6) is 5.75 Å². The Kier molecular flexibility index (Phi) is 6.87. The molecule has 1 aromatic rings. The number of aliphatic imine (C=N–C) groups is 1. The van der Waals surface area contributed by atoms with Crippen molar-refractivity contribution in [2.75, 3.05) is 19.7 Å². The second kappa shape index (κ2) is 8.62. The highest BCUT2D eigenvalue weighted by molar-refractivity contribution is 5.83. The van der Waals surface area contributed by atoms with Crippen LogP contribution in [0.1, 0.15) is 26.7 Å². The Hall–Kier alpha value is -1.51. The quantitative estimate of drug-likeness (QED) is 0.581. The predicted molar refractivity (Wildman–Crippen MR) is 72.8 cm³/mol. The molecule has 1 N–H and O–H groups in total. The minimum Gasteiger partial charge on any atom is -0.486 e. The standard InChI is InChI=1S/C14H22N2O/c1-3-10-15-14(16-11-4-2)12-17-13-8-6-5-7-9-13/h5-9H,3-4,10-12H2,1-2H3,(H,15,16). The average Bonchev–Trinajstić information content (AvgIpc) is 2.39. The van der Waals surface area contributed by atoms with E-state index in [0.717, 1.165) is 37.5 Å². The maximum Gasteiger partial charge on any atom is 0.145 e. The molecular weight excluding hydrogens is 212 g/mol. The van der Waals surface area contributed by atoms with E-state index in [1.54, 1.807) is 0 Å². The maximum absolute atomic E-state index is 5.67. The molecular formula is C14H22N2O. The van der Waals surface area contributed by atoms with Crippen molar-refractivity contribution < 1.29 is 4.74 Å². The molecule has 0 saturated heterocycles. The number of ether oxygens (including phenoxy) is 1. The van der Waals surface area contributed by atoms with Gasteiger partial charge in [-0.2, -0.15) is 0 Å². The van der Waals surface area contributed by atoms with Crippen molar-refractivity contribution in [3.8, 4) is 5.75 Å². The number of benzene rings is 1. The summed E-state index contributed by atoms with van der Waals surface area (Å²) in [5.74, 6) is 1.83. The van der Waals surface area contributed by atoms with Crippen molar-refractivity contribution in [2.45, 2.75) is 26.7 Å². The summed E-state index contributed by atoms with van der Waals surface area (Å²) in [5.41, 5.74) is 0. The highest BCUT2D eigenvalue weighted by Gasteiger charge is 1.99. The summed E-state index contributed by atoms with van der Waals surface area (Å²) in [5, 5.41) is 3.30. The molecule has 0 spiro atoms. The van der Waals surface area contributed by atoms with Crippen LogP contribution in [0.4, 0.5) is 0 Å². The van der Waals surface area contributed by atoms with Crippen LogP contribution < -0.4 is 10.1 Å². The number of nitrogens with zero attached hydrogens (tertiary/aromatic N) is 1. The van der Waals surface area contributed by atoms with Gasteiger partial charge in [-0.25, -0.2) is 0 Å². The molecule has 0 heterocycles. The second-order valence-electron chi connectivity index (χ2n) is 3.86. The normalized spacial score (nSPS) is 11.3. The smallest absolute Gasteiger partial charge is 0.145 e. The molecule has 3 heteroatoms. The lowest BCUT2D eigenvalue weighted by atomic mass is 10.3. The van der Waals surface area contributed by atoms with Crippen LogP contribution in [0.15, 0.2) is 35.3 Å². The Bertz CT molecular complexity index is 322. The number of nitrogens with one attached hydrogen (secondary N) is 1. The van der Waals surface area contributed by atoms with Crippen molar-refractivity contribution in [1.29, 1.82) is 0 Å². The summed E-state index contributed by atoms with van der Waals surface area (Å²) >= 11 is 0. The van der Waals surface area contributed by atoms with Gasteiger partial charge in [-0.15, -0.1) is 0 Å². The third-order valence-corrected chi connectivity index (χ3v) is 2.22. The van der Waals surface area contributed by atoms with Gasteiger partial charge in [0.15, 0.2) is 0 Å². The first kappa shape index (κ1) is 13.6. The highest BCUT2D eigenvalue weighted by Crippen LogP contribution is 2.07. The monoisotopic (exact) mass is 234 g/mol. The molecule has 0 amide bonds. The van der Waals surface area contributed by atoms with E-state index >= 15 is 0 Å². The fourth-order valence-electron chi connectivity index (χ4n) is 1.34. The van der Waals surface area contributed by atoms with Gasteiger partial charge in [0, 0.05) is 13.1 Å². The Morgan fingerprint density at radius 3 is 2.59 bits per heavy atom. The zero-order valence-electron chi connectivity index (χ0n) is 10.8. The second-order valence-corrected chi connectivity index (χ2v) is 3.86. The SMILES string of the molecule is CCCN=C(COc1ccccc1)NCCC. The van der Waals surface area contributed by atoms with Crippen molar-refractivity contribution >= 4 is 5.84 Å². The Morgan fingerprint density at radius 1 is 1.18 bits per heavy atom. The maximum atomic E-state index is 5.67. The molecule has 0 fully saturated rings. The van der Waals surface area contributed by atoms with Crippen molar-refractivity contribution in [1.82, 2.24) is 5.32 Å². The van der Waals surface area contributed by atoms with E-state index in [-0.39, 0.29) is 0 Å². The van der Waals surface area contributed by atoms with Crippen LogP contribution >= 0.6 is 0 Å². The van der Waals surface area contributed by atoms with E-state index in [1.165, 1.54) is 0 Å². The van der Waals surface area contributed by atoms with Crippen LogP contribution in [0.2, 0.25) is 0 Å². The van der Waals surface area contributed by atoms with Gasteiger partial charge in [0.05, 0.1) is 0 Å². The first-order chi connectivity index (χ1) is 8.36. The molecule has 94 valence electrons. The summed E-state index contributed by atoms with van der Waals surface area (Å²) in [6.07, 6.45) is 2.15. The lowest BCUT2D eigenvalue weighted by Gasteiger charge is -2.10. The fourth-order valence-corrected chi connectivity index (χ4v) is 1.34. The van der Waals surface area contributed by atoms with Crippen molar-refractivity contribution in [3.05, 3.63) is 30.3 Å². The van der Waals surface area contributed by atoms with E-state index in [4.69, 9.17) is 4.74 Å². The summed E-state index contributed by atoms with van der Waals surface area (Å²) in [6.45, 7) is 6.58. The molecule has 0 aliphatic rings. The van der Waals surface area contributed by atoms with Gasteiger partial charge in [-0.3, -0.25) is 4.99 Å². The van der Waals surface area contributed by atoms with E-state index in [2.05, 4.69) is 24.2 Å². The highest BCUT2D eigenvalue weighted by atomic mass is 16.5.